The van der Waals surface area contributed by atoms with E-state index in [4.69, 9.17) is 9.84 Å². The van der Waals surface area contributed by atoms with E-state index in [0.717, 1.165) is 11.1 Å². The summed E-state index contributed by atoms with van der Waals surface area (Å²) in [4.78, 5) is 12.5. The van der Waals surface area contributed by atoms with Gasteiger partial charge in [-0.05, 0) is 22.8 Å². The Morgan fingerprint density at radius 2 is 2.33 bits per heavy atom. The predicted octanol–water partition coefficient (Wildman–Crippen LogP) is 2.31. The van der Waals surface area contributed by atoms with Gasteiger partial charge in [0.1, 0.15) is 0 Å². The van der Waals surface area contributed by atoms with Crippen molar-refractivity contribution in [2.24, 2.45) is 0 Å². The van der Waals surface area contributed by atoms with Gasteiger partial charge in [0.05, 0.1) is 19.3 Å². The molecular formula is C14H15NO3. The summed E-state index contributed by atoms with van der Waals surface area (Å²) in [5.41, 5.74) is 3.45. The van der Waals surface area contributed by atoms with Crippen molar-refractivity contribution in [3.8, 4) is 0 Å². The normalized spacial score (nSPS) is 25.4. The molecule has 2 aliphatic rings. The van der Waals surface area contributed by atoms with Crippen LogP contribution in [0.2, 0.25) is 0 Å². The maximum Gasteiger partial charge on any atom is 0.407 e. The Labute approximate surface area is 105 Å². The Hall–Kier alpha value is -1.81. The van der Waals surface area contributed by atoms with E-state index in [1.807, 2.05) is 12.1 Å². The Morgan fingerprint density at radius 1 is 1.50 bits per heavy atom. The third-order valence-electron chi connectivity index (χ3n) is 3.79. The molecule has 1 saturated heterocycles. The minimum Gasteiger partial charge on any atom is -0.465 e. The number of hydrogen-bond acceptors (Lipinski definition) is 2. The zero-order valence-corrected chi connectivity index (χ0v) is 10.0. The monoisotopic (exact) mass is 245 g/mol. The smallest absolute Gasteiger partial charge is 0.407 e. The summed E-state index contributed by atoms with van der Waals surface area (Å²) < 4.78 is 5.77. The zero-order valence-electron chi connectivity index (χ0n) is 10.0. The molecule has 0 saturated carbocycles. The number of amides is 1. The van der Waals surface area contributed by atoms with Gasteiger partial charge in [0.15, 0.2) is 0 Å². The van der Waals surface area contributed by atoms with Gasteiger partial charge in [-0.15, -0.1) is 0 Å². The average molecular weight is 245 g/mol. The quantitative estimate of drug-likeness (QED) is 0.826. The summed E-state index contributed by atoms with van der Waals surface area (Å²) in [6.07, 6.45) is 0.949. The highest BCUT2D eigenvalue weighted by Crippen LogP contribution is 2.37. The van der Waals surface area contributed by atoms with Crippen molar-refractivity contribution in [3.63, 3.8) is 0 Å². The van der Waals surface area contributed by atoms with E-state index in [1.165, 1.54) is 10.5 Å². The van der Waals surface area contributed by atoms with Crippen LogP contribution >= 0.6 is 0 Å². The molecule has 0 radical (unpaired) electrons. The maximum absolute atomic E-state index is 11.0. The average Bonchev–Trinajstić information content (AvgIpc) is 2.82. The number of likely N-dealkylation sites (tertiary alicyclic amines) is 1. The van der Waals surface area contributed by atoms with Crippen molar-refractivity contribution >= 4 is 12.2 Å². The molecule has 1 amide bonds. The zero-order chi connectivity index (χ0) is 12.7. The van der Waals surface area contributed by atoms with E-state index in [0.29, 0.717) is 19.7 Å². The molecule has 2 heterocycles. The van der Waals surface area contributed by atoms with E-state index < -0.39 is 6.09 Å². The molecule has 94 valence electrons. The predicted molar refractivity (Wildman–Crippen MR) is 67.4 cm³/mol. The molecule has 0 bridgehead atoms. The van der Waals surface area contributed by atoms with Crippen LogP contribution in [-0.4, -0.2) is 35.3 Å². The lowest BCUT2D eigenvalue weighted by atomic mass is 9.88. The molecule has 1 aromatic carbocycles. The number of nitrogens with zero attached hydrogens (tertiary/aromatic N) is 1. The molecule has 2 aliphatic heterocycles. The van der Waals surface area contributed by atoms with Crippen molar-refractivity contribution in [3.05, 3.63) is 41.5 Å². The van der Waals surface area contributed by atoms with E-state index in [-0.39, 0.29) is 12.0 Å². The third-order valence-corrected chi connectivity index (χ3v) is 3.79. The molecule has 2 atom stereocenters. The number of rotatable bonds is 1. The molecule has 0 spiro atoms. The van der Waals surface area contributed by atoms with Crippen molar-refractivity contribution in [1.29, 1.82) is 0 Å². The van der Waals surface area contributed by atoms with Crippen LogP contribution in [0.5, 0.6) is 0 Å². The standard InChI is InChI=1S/C14H15NO3/c1-2-9-3-4-11-10(5-9)8-18-13-7-15(14(16)17)6-12(11)13/h2-5,12-13H,1,6-8H2,(H,16,17). The number of fused-ring (bicyclic) bond motifs is 3. The van der Waals surface area contributed by atoms with Gasteiger partial charge in [0.25, 0.3) is 0 Å². The molecule has 0 aliphatic carbocycles. The minimum absolute atomic E-state index is 0.00295. The summed E-state index contributed by atoms with van der Waals surface area (Å²) in [7, 11) is 0. The number of hydrogen-bond donors (Lipinski definition) is 1. The van der Waals surface area contributed by atoms with Gasteiger partial charge in [-0.2, -0.15) is 0 Å². The first-order chi connectivity index (χ1) is 8.69. The summed E-state index contributed by atoms with van der Waals surface area (Å²) in [5.74, 6) is 0.170. The first-order valence-corrected chi connectivity index (χ1v) is 6.04. The lowest BCUT2D eigenvalue weighted by molar-refractivity contribution is 0.0255. The van der Waals surface area contributed by atoms with Crippen molar-refractivity contribution in [2.45, 2.75) is 18.6 Å². The Morgan fingerprint density at radius 3 is 3.06 bits per heavy atom. The van der Waals surface area contributed by atoms with E-state index in [9.17, 15) is 4.79 Å². The molecule has 18 heavy (non-hydrogen) atoms. The fourth-order valence-electron chi connectivity index (χ4n) is 2.83. The van der Waals surface area contributed by atoms with Crippen molar-refractivity contribution < 1.29 is 14.6 Å². The Balaban J connectivity index is 1.93. The largest absolute Gasteiger partial charge is 0.465 e. The Kier molecular flexibility index (Phi) is 2.59. The third kappa shape index (κ3) is 1.69. The van der Waals surface area contributed by atoms with Gasteiger partial charge in [-0.25, -0.2) is 4.79 Å². The van der Waals surface area contributed by atoms with E-state index in [1.54, 1.807) is 0 Å². The van der Waals surface area contributed by atoms with Crippen LogP contribution in [0, 0.1) is 0 Å². The topological polar surface area (TPSA) is 49.8 Å². The number of carboxylic acid groups (broad SMARTS) is 1. The summed E-state index contributed by atoms with van der Waals surface area (Å²) in [5, 5.41) is 9.05. The Bertz CT molecular complexity index is 512. The minimum atomic E-state index is -0.864. The molecule has 1 N–H and O–H groups in total. The fraction of sp³-hybridized carbons (Fsp3) is 0.357. The second-order valence-electron chi connectivity index (χ2n) is 4.81. The molecule has 0 aromatic heterocycles. The van der Waals surface area contributed by atoms with Crippen LogP contribution in [0.4, 0.5) is 4.79 Å². The molecule has 2 unspecified atom stereocenters. The highest BCUT2D eigenvalue weighted by molar-refractivity contribution is 5.66. The summed E-state index contributed by atoms with van der Waals surface area (Å²) in [6, 6.07) is 6.18. The van der Waals surface area contributed by atoms with Crippen LogP contribution in [0.1, 0.15) is 22.6 Å². The van der Waals surface area contributed by atoms with E-state index in [2.05, 4.69) is 18.7 Å². The van der Waals surface area contributed by atoms with Crippen molar-refractivity contribution in [2.75, 3.05) is 13.1 Å². The molecule has 1 fully saturated rings. The number of ether oxygens (including phenoxy) is 1. The summed E-state index contributed by atoms with van der Waals surface area (Å²) >= 11 is 0. The second kappa shape index (κ2) is 4.14. The van der Waals surface area contributed by atoms with Crippen LogP contribution in [0.25, 0.3) is 6.08 Å². The van der Waals surface area contributed by atoms with Crippen LogP contribution < -0.4 is 0 Å². The van der Waals surface area contributed by atoms with Gasteiger partial charge in [-0.3, -0.25) is 0 Å². The highest BCUT2D eigenvalue weighted by Gasteiger charge is 2.40. The van der Waals surface area contributed by atoms with E-state index >= 15 is 0 Å². The van der Waals surface area contributed by atoms with Gasteiger partial charge >= 0.3 is 6.09 Å². The van der Waals surface area contributed by atoms with Crippen molar-refractivity contribution in [1.82, 2.24) is 4.90 Å². The molecule has 1 aromatic rings. The SMILES string of the molecule is C=Cc1ccc2c(c1)COC1CN(C(=O)O)CC21. The highest BCUT2D eigenvalue weighted by atomic mass is 16.5. The molecule has 3 rings (SSSR count). The molecule has 4 nitrogen and oxygen atoms in total. The van der Waals surface area contributed by atoms with Gasteiger partial charge in [-0.1, -0.05) is 24.8 Å². The molecule has 4 heteroatoms. The first kappa shape index (κ1) is 11.3. The van der Waals surface area contributed by atoms with Crippen LogP contribution in [-0.2, 0) is 11.3 Å². The van der Waals surface area contributed by atoms with Crippen LogP contribution in [0.15, 0.2) is 24.8 Å². The van der Waals surface area contributed by atoms with Gasteiger partial charge in [0.2, 0.25) is 0 Å². The second-order valence-corrected chi connectivity index (χ2v) is 4.81. The van der Waals surface area contributed by atoms with Gasteiger partial charge < -0.3 is 14.7 Å². The summed E-state index contributed by atoms with van der Waals surface area (Å²) in [6.45, 7) is 5.32. The molecular weight excluding hydrogens is 230 g/mol. The lowest BCUT2D eigenvalue weighted by Crippen LogP contribution is -2.29. The maximum atomic E-state index is 11.0. The first-order valence-electron chi connectivity index (χ1n) is 6.04. The lowest BCUT2D eigenvalue weighted by Gasteiger charge is -2.27. The van der Waals surface area contributed by atoms with Crippen LogP contribution in [0.3, 0.4) is 0 Å². The van der Waals surface area contributed by atoms with Gasteiger partial charge in [0, 0.05) is 12.5 Å². The fourth-order valence-corrected chi connectivity index (χ4v) is 2.83. The number of carbonyl (C=O) groups is 1. The number of benzene rings is 1.